The number of phenols is 2. The van der Waals surface area contributed by atoms with Crippen LogP contribution < -0.4 is 0 Å². The Hall–Kier alpha value is -0.571. The Balaban J connectivity index is 0.000000267. The van der Waals surface area contributed by atoms with Crippen LogP contribution in [0, 0.1) is 23.2 Å². The zero-order valence-electron chi connectivity index (χ0n) is 27.3. The summed E-state index contributed by atoms with van der Waals surface area (Å²) in [6.07, 6.45) is 18.2. The molecule has 6 rings (SSSR count). The van der Waals surface area contributed by atoms with Crippen LogP contribution in [0.1, 0.15) is 42.7 Å². The van der Waals surface area contributed by atoms with Crippen molar-refractivity contribution < 1.29 is 106 Å². The van der Waals surface area contributed by atoms with Gasteiger partial charge in [-0.3, -0.25) is 13.9 Å². The first-order valence-corrected chi connectivity index (χ1v) is 22.6. The number of carbonyl (C=O) groups is 2. The normalized spacial score (nSPS) is 26.2. The minimum atomic E-state index is -5.23. The molecule has 1 aromatic rings. The van der Waals surface area contributed by atoms with Crippen LogP contribution in [0.2, 0.25) is 0 Å². The number of thioether (sulfide) groups is 4. The minimum Gasteiger partial charge on any atom is -0.506 e. The molecule has 0 aromatic heterocycles. The van der Waals surface area contributed by atoms with Crippen LogP contribution in [0.25, 0.3) is 0 Å². The van der Waals surface area contributed by atoms with E-state index in [1.807, 2.05) is 31.9 Å². The summed E-state index contributed by atoms with van der Waals surface area (Å²) in [7, 11) is -13.7. The van der Waals surface area contributed by atoms with E-state index in [0.29, 0.717) is 33.1 Å². The molecule has 25 heteroatoms. The fourth-order valence-corrected chi connectivity index (χ4v) is 11.5. The number of carbonyl (C=O) groups excluding carboxylic acids is 2. The van der Waals surface area contributed by atoms with Crippen molar-refractivity contribution in [1.29, 1.82) is 0 Å². The number of rotatable bonds is 11. The van der Waals surface area contributed by atoms with Gasteiger partial charge >= 0.3 is 20.8 Å². The van der Waals surface area contributed by atoms with Crippen molar-refractivity contribution >= 4 is 90.4 Å². The van der Waals surface area contributed by atoms with Crippen LogP contribution in [0.4, 0.5) is 0 Å². The first-order valence-electron chi connectivity index (χ1n) is 14.1. The molecule has 0 heterocycles. The second kappa shape index (κ2) is 19.0. The largest absolute Gasteiger partial charge is 0.506 e. The topological polar surface area (TPSA) is 243 Å². The smallest absolute Gasteiger partial charge is 0.454 e. The summed E-state index contributed by atoms with van der Waals surface area (Å²) in [5, 5.41) is 28.3. The van der Waals surface area contributed by atoms with Crippen LogP contribution >= 0.6 is 47.0 Å². The summed E-state index contributed by atoms with van der Waals surface area (Å²) >= 11 is 5.86. The van der Waals surface area contributed by atoms with Gasteiger partial charge in [0.2, 0.25) is 0 Å². The van der Waals surface area contributed by atoms with Crippen LogP contribution in [0.5, 0.6) is 11.5 Å². The maximum atomic E-state index is 12.8. The van der Waals surface area contributed by atoms with Gasteiger partial charge in [-0.05, 0) is 49.7 Å². The van der Waals surface area contributed by atoms with Gasteiger partial charge in [0.15, 0.2) is 11.6 Å². The van der Waals surface area contributed by atoms with Crippen LogP contribution in [0.15, 0.2) is 43.9 Å². The molecule has 4 bridgehead atoms. The number of aromatic hydroxyl groups is 2. The molecule has 52 heavy (non-hydrogen) atoms. The van der Waals surface area contributed by atoms with Gasteiger partial charge in [0, 0.05) is 68.4 Å². The quantitative estimate of drug-likeness (QED) is 0.0519. The third-order valence-electron chi connectivity index (χ3n) is 8.90. The second-order valence-corrected chi connectivity index (χ2v) is 17.2. The predicted octanol–water partition coefficient (Wildman–Crippen LogP) is 4.67. The molecule has 6 atom stereocenters. The van der Waals surface area contributed by atoms with E-state index in [0.717, 1.165) is 33.8 Å². The van der Waals surface area contributed by atoms with Gasteiger partial charge in [-0.15, -0.1) is 47.0 Å². The van der Waals surface area contributed by atoms with Crippen molar-refractivity contribution in [1.82, 2.24) is 0 Å². The standard InChI is InChI=1S/C14H16O2S2.C13H14O2S2.2Fe.HO12S3/c1-14-8-5-4-7(6-8)9(14)10(15)11(17-2)12(18-3)13(14)16;1-16-12-10(14)8-6-3-4-7(5-6)9(8)11(15)13(12)17-2;;;1-8-14(4,5)11-12-15(6,7)10-9-13(2)3/h4-5,7-9H,6H2,1-3H3;3-4,6-7,14-15H,5H2,1-2H3;;;1H/q;;;;-1. The molecular formula is C27H31Fe2O16S7-. The number of phenolic OH excluding ortho intramolecular Hbond substituents is 2. The molecule has 1 fully saturated rings. The van der Waals surface area contributed by atoms with Crippen molar-refractivity contribution in [2.45, 2.75) is 41.4 Å². The van der Waals surface area contributed by atoms with E-state index >= 15 is 0 Å². The van der Waals surface area contributed by atoms with E-state index in [1.54, 1.807) is 0 Å². The fourth-order valence-electron chi connectivity index (χ4n) is 6.97. The van der Waals surface area contributed by atoms with E-state index in [2.05, 4.69) is 46.0 Å². The third kappa shape index (κ3) is 9.34. The first kappa shape index (κ1) is 47.6. The Bertz CT molecular complexity index is 1900. The summed E-state index contributed by atoms with van der Waals surface area (Å²) in [5.41, 5.74) is 1.43. The van der Waals surface area contributed by atoms with E-state index in [4.69, 9.17) is 5.26 Å². The number of hydrogen-bond acceptors (Lipinski definition) is 21. The molecule has 0 saturated heterocycles. The average Bonchev–Trinajstić information content (AvgIpc) is 3.89. The summed E-state index contributed by atoms with van der Waals surface area (Å²) in [5.74, 6) is 2.17. The molecule has 0 amide bonds. The molecular weight excluding hydrogens is 916 g/mol. The van der Waals surface area contributed by atoms with Crippen molar-refractivity contribution in [3.8, 4) is 11.5 Å². The zero-order chi connectivity index (χ0) is 37.3. The van der Waals surface area contributed by atoms with E-state index < -0.39 is 37.2 Å². The van der Waals surface area contributed by atoms with Gasteiger partial charge in [0.05, 0.1) is 30.6 Å². The zero-order valence-corrected chi connectivity index (χ0v) is 35.2. The Labute approximate surface area is 340 Å². The van der Waals surface area contributed by atoms with E-state index in [9.17, 15) is 45.1 Å². The van der Waals surface area contributed by atoms with Gasteiger partial charge in [-0.25, -0.2) is 5.26 Å². The molecule has 0 radical (unpaired) electrons. The summed E-state index contributed by atoms with van der Waals surface area (Å²) in [4.78, 5) is 28.5. The van der Waals surface area contributed by atoms with E-state index in [1.165, 1.54) is 47.0 Å². The SMILES string of the molecule is CSC1=C(SC)C(=O)C2(C)C3C=CC(C3)C2C1=O.CSc1c(O)c2c(c(O)c1SC)C1C=CC2C1.O=[S-](=O)OOS(=O)(=O)OOS(=O)(=O)OO.[Fe].[Fe]. The Kier molecular flexibility index (Phi) is 17.4. The summed E-state index contributed by atoms with van der Waals surface area (Å²) in [6, 6.07) is 0. The van der Waals surface area contributed by atoms with Gasteiger partial charge < -0.3 is 18.6 Å². The molecule has 5 aliphatic carbocycles. The predicted molar refractivity (Wildman–Crippen MR) is 184 cm³/mol. The first-order chi connectivity index (χ1) is 23.4. The minimum absolute atomic E-state index is 0. The molecule has 3 N–H and O–H groups in total. The molecule has 0 spiro atoms. The van der Waals surface area contributed by atoms with Crippen molar-refractivity contribution in [3.63, 3.8) is 0 Å². The van der Waals surface area contributed by atoms with E-state index in [-0.39, 0.29) is 63.5 Å². The number of hydrogen-bond donors (Lipinski definition) is 3. The maximum Gasteiger partial charge on any atom is 0.454 e. The van der Waals surface area contributed by atoms with Crippen LogP contribution in [0.3, 0.4) is 0 Å². The van der Waals surface area contributed by atoms with Crippen LogP contribution in [-0.2, 0) is 106 Å². The number of fused-ring (bicyclic) bond motifs is 10. The van der Waals surface area contributed by atoms with Gasteiger partial charge in [-0.2, -0.15) is 16.8 Å². The number of allylic oxidation sites excluding steroid dienone is 6. The number of ketones is 2. The molecule has 1 saturated carbocycles. The fraction of sp³-hybridized carbons (Fsp3) is 0.481. The molecule has 6 unspecified atom stereocenters. The van der Waals surface area contributed by atoms with Gasteiger partial charge in [0.1, 0.15) is 11.5 Å². The van der Waals surface area contributed by atoms with Crippen molar-refractivity contribution in [2.75, 3.05) is 25.0 Å². The average molecular weight is 948 g/mol. The maximum absolute atomic E-state index is 12.8. The van der Waals surface area contributed by atoms with Crippen molar-refractivity contribution in [3.05, 3.63) is 45.2 Å². The molecule has 16 nitrogen and oxygen atoms in total. The van der Waals surface area contributed by atoms with Crippen molar-refractivity contribution in [2.24, 2.45) is 23.2 Å². The molecule has 294 valence electrons. The van der Waals surface area contributed by atoms with Gasteiger partial charge in [-0.1, -0.05) is 48.6 Å². The van der Waals surface area contributed by atoms with Gasteiger partial charge in [0.25, 0.3) is 0 Å². The monoisotopic (exact) mass is 947 g/mol. The number of benzene rings is 1. The third-order valence-corrected chi connectivity index (χ3v) is 13.6. The second-order valence-electron chi connectivity index (χ2n) is 11.2. The Morgan fingerprint density at radius 3 is 1.69 bits per heavy atom. The molecule has 5 aliphatic rings. The molecule has 1 aromatic carbocycles. The van der Waals surface area contributed by atoms with Crippen LogP contribution in [-0.4, -0.2) is 68.9 Å². The number of Topliss-reactive ketones (excluding diaryl/α,β-unsaturated/α-hetero) is 2. The Morgan fingerprint density at radius 1 is 0.750 bits per heavy atom. The summed E-state index contributed by atoms with van der Waals surface area (Å²) < 4.78 is 74.7. The summed E-state index contributed by atoms with van der Waals surface area (Å²) in [6.45, 7) is 2.00. The Morgan fingerprint density at radius 2 is 1.25 bits per heavy atom. The molecule has 0 aliphatic heterocycles.